The highest BCUT2D eigenvalue weighted by atomic mass is 32.1. The zero-order valence-electron chi connectivity index (χ0n) is 10.9. The van der Waals surface area contributed by atoms with Gasteiger partial charge in [0, 0.05) is 6.54 Å². The minimum Gasteiger partial charge on any atom is -0.465 e. The molecule has 2 aromatic rings. The van der Waals surface area contributed by atoms with Crippen LogP contribution in [0.4, 0.5) is 0 Å². The second-order valence-corrected chi connectivity index (χ2v) is 4.99. The van der Waals surface area contributed by atoms with Crippen molar-refractivity contribution in [2.45, 2.75) is 13.0 Å². The molecule has 4 heteroatoms. The van der Waals surface area contributed by atoms with Crippen molar-refractivity contribution in [2.75, 3.05) is 13.7 Å². The number of hydrogen-bond acceptors (Lipinski definition) is 4. The van der Waals surface area contributed by atoms with Crippen LogP contribution in [0.2, 0.25) is 0 Å². The Hall–Kier alpha value is -1.65. The Labute approximate surface area is 117 Å². The molecule has 1 aromatic heterocycles. The number of thiophene rings is 1. The van der Waals surface area contributed by atoms with Crippen LogP contribution in [0.25, 0.3) is 0 Å². The van der Waals surface area contributed by atoms with Gasteiger partial charge in [0.1, 0.15) is 0 Å². The lowest BCUT2D eigenvalue weighted by Gasteiger charge is -2.08. The van der Waals surface area contributed by atoms with Crippen LogP contribution in [0.5, 0.6) is 0 Å². The lowest BCUT2D eigenvalue weighted by atomic mass is 10.1. The maximum absolute atomic E-state index is 11.6. The Morgan fingerprint density at radius 2 is 2.16 bits per heavy atom. The number of ether oxygens (including phenoxy) is 1. The Morgan fingerprint density at radius 1 is 1.32 bits per heavy atom. The summed E-state index contributed by atoms with van der Waals surface area (Å²) in [4.78, 5) is 11.6. The van der Waals surface area contributed by atoms with Crippen LogP contribution in [0.3, 0.4) is 0 Å². The van der Waals surface area contributed by atoms with Gasteiger partial charge in [-0.1, -0.05) is 18.2 Å². The molecule has 1 heterocycles. The van der Waals surface area contributed by atoms with Crippen LogP contribution in [0.1, 0.15) is 21.5 Å². The molecular weight excluding hydrogens is 258 g/mol. The first-order chi connectivity index (χ1) is 9.31. The summed E-state index contributed by atoms with van der Waals surface area (Å²) in [5.41, 5.74) is 2.95. The van der Waals surface area contributed by atoms with E-state index in [1.165, 1.54) is 12.7 Å². The molecule has 0 saturated heterocycles. The second-order valence-electron chi connectivity index (χ2n) is 4.21. The molecule has 0 spiro atoms. The van der Waals surface area contributed by atoms with E-state index in [2.05, 4.69) is 22.1 Å². The standard InChI is InChI=1S/C15H17NO2S/c1-18-15(17)14-5-3-2-4-13(14)10-16-8-6-12-7-9-19-11-12/h2-5,7,9,11,16H,6,8,10H2,1H3. The van der Waals surface area contributed by atoms with Crippen molar-refractivity contribution >= 4 is 17.3 Å². The summed E-state index contributed by atoms with van der Waals surface area (Å²) in [7, 11) is 1.41. The van der Waals surface area contributed by atoms with Crippen LogP contribution in [-0.4, -0.2) is 19.6 Å². The third-order valence-electron chi connectivity index (χ3n) is 2.91. The maximum Gasteiger partial charge on any atom is 0.338 e. The Bertz CT molecular complexity index is 523. The third kappa shape index (κ3) is 3.91. The molecule has 0 atom stereocenters. The number of carbonyl (C=O) groups is 1. The molecular formula is C15H17NO2S. The molecule has 19 heavy (non-hydrogen) atoms. The highest BCUT2D eigenvalue weighted by Crippen LogP contribution is 2.10. The monoisotopic (exact) mass is 275 g/mol. The van der Waals surface area contributed by atoms with E-state index in [4.69, 9.17) is 4.74 Å². The van der Waals surface area contributed by atoms with E-state index in [1.54, 1.807) is 17.4 Å². The van der Waals surface area contributed by atoms with Gasteiger partial charge in [-0.2, -0.15) is 11.3 Å². The fraction of sp³-hybridized carbons (Fsp3) is 0.267. The molecule has 1 N–H and O–H groups in total. The third-order valence-corrected chi connectivity index (χ3v) is 3.64. The Morgan fingerprint density at radius 3 is 2.89 bits per heavy atom. The van der Waals surface area contributed by atoms with E-state index in [9.17, 15) is 4.79 Å². The lowest BCUT2D eigenvalue weighted by molar-refractivity contribution is 0.0599. The molecule has 0 amide bonds. The van der Waals surface area contributed by atoms with Gasteiger partial charge in [-0.05, 0) is 47.0 Å². The Kier molecular flexibility index (Phi) is 5.12. The van der Waals surface area contributed by atoms with Crippen LogP contribution in [0.15, 0.2) is 41.1 Å². The summed E-state index contributed by atoms with van der Waals surface area (Å²) in [5.74, 6) is -0.282. The van der Waals surface area contributed by atoms with Crippen LogP contribution in [0, 0.1) is 0 Å². The normalized spacial score (nSPS) is 10.4. The second kappa shape index (κ2) is 7.07. The first-order valence-corrected chi connectivity index (χ1v) is 7.13. The predicted molar refractivity (Wildman–Crippen MR) is 77.5 cm³/mol. The first-order valence-electron chi connectivity index (χ1n) is 6.19. The van der Waals surface area contributed by atoms with Gasteiger partial charge in [0.15, 0.2) is 0 Å². The molecule has 1 aromatic carbocycles. The summed E-state index contributed by atoms with van der Waals surface area (Å²) in [5, 5.41) is 7.60. The van der Waals surface area contributed by atoms with Crippen molar-refractivity contribution in [1.82, 2.24) is 5.32 Å². The topological polar surface area (TPSA) is 38.3 Å². The van der Waals surface area contributed by atoms with Gasteiger partial charge in [0.2, 0.25) is 0 Å². The largest absolute Gasteiger partial charge is 0.465 e. The fourth-order valence-electron chi connectivity index (χ4n) is 1.87. The molecule has 0 unspecified atom stereocenters. The highest BCUT2D eigenvalue weighted by Gasteiger charge is 2.09. The minimum absolute atomic E-state index is 0.282. The van der Waals surface area contributed by atoms with E-state index in [0.717, 1.165) is 18.5 Å². The SMILES string of the molecule is COC(=O)c1ccccc1CNCCc1ccsc1. The number of esters is 1. The molecule has 0 aliphatic carbocycles. The Balaban J connectivity index is 1.87. The van der Waals surface area contributed by atoms with Crippen LogP contribution in [-0.2, 0) is 17.7 Å². The van der Waals surface area contributed by atoms with Crippen molar-refractivity contribution in [3.8, 4) is 0 Å². The summed E-state index contributed by atoms with van der Waals surface area (Å²) in [6, 6.07) is 9.66. The van der Waals surface area contributed by atoms with Crippen molar-refractivity contribution in [2.24, 2.45) is 0 Å². The average Bonchev–Trinajstić information content (AvgIpc) is 2.96. The number of rotatable bonds is 6. The molecule has 2 rings (SSSR count). The van der Waals surface area contributed by atoms with Crippen molar-refractivity contribution in [1.29, 1.82) is 0 Å². The number of benzene rings is 1. The minimum atomic E-state index is -0.282. The van der Waals surface area contributed by atoms with Gasteiger partial charge in [0.25, 0.3) is 0 Å². The smallest absolute Gasteiger partial charge is 0.338 e. The molecule has 0 bridgehead atoms. The van der Waals surface area contributed by atoms with E-state index >= 15 is 0 Å². The maximum atomic E-state index is 11.6. The van der Waals surface area contributed by atoms with Crippen molar-refractivity contribution in [3.63, 3.8) is 0 Å². The molecule has 100 valence electrons. The van der Waals surface area contributed by atoms with Gasteiger partial charge in [0.05, 0.1) is 12.7 Å². The quantitative estimate of drug-likeness (QED) is 0.651. The first kappa shape index (κ1) is 13.8. The fourth-order valence-corrected chi connectivity index (χ4v) is 2.58. The number of nitrogens with one attached hydrogen (secondary N) is 1. The predicted octanol–water partition coefficient (Wildman–Crippen LogP) is 2.87. The van der Waals surface area contributed by atoms with E-state index in [1.807, 2.05) is 18.2 Å². The molecule has 0 radical (unpaired) electrons. The van der Waals surface area contributed by atoms with Gasteiger partial charge >= 0.3 is 5.97 Å². The van der Waals surface area contributed by atoms with Gasteiger partial charge < -0.3 is 10.1 Å². The summed E-state index contributed by atoms with van der Waals surface area (Å²) in [6.07, 6.45) is 1.00. The van der Waals surface area contributed by atoms with Gasteiger partial charge in [-0.3, -0.25) is 0 Å². The molecule has 0 saturated carbocycles. The zero-order chi connectivity index (χ0) is 13.5. The molecule has 0 aliphatic rings. The summed E-state index contributed by atoms with van der Waals surface area (Å²) in [6.45, 7) is 1.57. The molecule has 0 fully saturated rings. The van der Waals surface area contributed by atoms with Gasteiger partial charge in [-0.25, -0.2) is 4.79 Å². The highest BCUT2D eigenvalue weighted by molar-refractivity contribution is 7.07. The zero-order valence-corrected chi connectivity index (χ0v) is 11.7. The summed E-state index contributed by atoms with van der Waals surface area (Å²) >= 11 is 1.71. The number of hydrogen-bond donors (Lipinski definition) is 1. The van der Waals surface area contributed by atoms with Crippen LogP contribution < -0.4 is 5.32 Å². The van der Waals surface area contributed by atoms with E-state index < -0.39 is 0 Å². The van der Waals surface area contributed by atoms with E-state index in [0.29, 0.717) is 12.1 Å². The molecule has 0 aliphatic heterocycles. The average molecular weight is 275 g/mol. The number of carbonyl (C=O) groups excluding carboxylic acids is 1. The lowest BCUT2D eigenvalue weighted by Crippen LogP contribution is -2.18. The van der Waals surface area contributed by atoms with Crippen LogP contribution >= 0.6 is 11.3 Å². The van der Waals surface area contributed by atoms with Gasteiger partial charge in [-0.15, -0.1) is 0 Å². The molecule has 3 nitrogen and oxygen atoms in total. The van der Waals surface area contributed by atoms with Crippen molar-refractivity contribution < 1.29 is 9.53 Å². The number of methoxy groups -OCH3 is 1. The summed E-state index contributed by atoms with van der Waals surface area (Å²) < 4.78 is 4.78. The van der Waals surface area contributed by atoms with Crippen molar-refractivity contribution in [3.05, 3.63) is 57.8 Å². The van der Waals surface area contributed by atoms with E-state index in [-0.39, 0.29) is 5.97 Å².